The number of benzene rings is 3. The predicted molar refractivity (Wildman–Crippen MR) is 133 cm³/mol. The normalized spacial score (nSPS) is 24.8. The second-order valence-corrected chi connectivity index (χ2v) is 11.2. The summed E-state index contributed by atoms with van der Waals surface area (Å²) in [7, 11) is 0. The van der Waals surface area contributed by atoms with E-state index in [4.69, 9.17) is 0 Å². The smallest absolute Gasteiger partial charge is 0.252 e. The number of anilines is 4. The number of rotatable bonds is 0. The van der Waals surface area contributed by atoms with E-state index in [9.17, 15) is 0 Å². The monoisotopic (exact) mass is 404 g/mol. The van der Waals surface area contributed by atoms with Crippen LogP contribution in [-0.2, 0) is 10.8 Å². The molecule has 0 fully saturated rings. The molecule has 0 N–H and O–H groups in total. The first-order valence-electron chi connectivity index (χ1n) is 11.7. The highest BCUT2D eigenvalue weighted by Gasteiger charge is 2.54. The van der Waals surface area contributed by atoms with Crippen molar-refractivity contribution in [2.24, 2.45) is 0 Å². The van der Waals surface area contributed by atoms with Gasteiger partial charge in [0, 0.05) is 45.7 Å². The van der Waals surface area contributed by atoms with Gasteiger partial charge in [-0.2, -0.15) is 0 Å². The molecule has 154 valence electrons. The zero-order valence-corrected chi connectivity index (χ0v) is 19.3. The Morgan fingerprint density at radius 2 is 1.06 bits per heavy atom. The van der Waals surface area contributed by atoms with Crippen molar-refractivity contribution in [2.45, 2.75) is 64.5 Å². The molecule has 3 aromatic rings. The van der Waals surface area contributed by atoms with Crippen LogP contribution in [0.4, 0.5) is 22.7 Å². The molecular weight excluding hydrogens is 375 g/mol. The molecule has 0 amide bonds. The molecule has 0 bridgehead atoms. The minimum atomic E-state index is 0.123. The molecule has 3 aromatic carbocycles. The maximum atomic E-state index is 2.65. The third-order valence-electron chi connectivity index (χ3n) is 9.36. The van der Waals surface area contributed by atoms with Gasteiger partial charge >= 0.3 is 0 Å². The van der Waals surface area contributed by atoms with Crippen LogP contribution in [-0.4, -0.2) is 18.8 Å². The fourth-order valence-electron chi connectivity index (χ4n) is 7.04. The lowest BCUT2D eigenvalue weighted by Gasteiger charge is -2.44. The molecule has 0 radical (unpaired) electrons. The minimum Gasteiger partial charge on any atom is -0.338 e. The molecule has 3 heteroatoms. The fraction of sp³-hybridized carbons (Fsp3) is 0.357. The Bertz CT molecular complexity index is 1210. The lowest BCUT2D eigenvalue weighted by atomic mass is 9.33. The van der Waals surface area contributed by atoms with E-state index in [0.29, 0.717) is 18.8 Å². The van der Waals surface area contributed by atoms with Crippen LogP contribution in [0.3, 0.4) is 0 Å². The summed E-state index contributed by atoms with van der Waals surface area (Å²) in [5, 5.41) is 0. The van der Waals surface area contributed by atoms with Crippen molar-refractivity contribution >= 4 is 45.9 Å². The van der Waals surface area contributed by atoms with Crippen LogP contribution in [0, 0.1) is 0 Å². The average molecular weight is 404 g/mol. The zero-order chi connectivity index (χ0) is 21.4. The summed E-state index contributed by atoms with van der Waals surface area (Å²) in [6.45, 7) is 14.8. The highest BCUT2D eigenvalue weighted by atomic mass is 15.2. The van der Waals surface area contributed by atoms with E-state index >= 15 is 0 Å². The number of hydrogen-bond acceptors (Lipinski definition) is 2. The third kappa shape index (κ3) is 1.78. The van der Waals surface area contributed by atoms with Gasteiger partial charge in [0.25, 0.3) is 6.71 Å². The second-order valence-electron chi connectivity index (χ2n) is 11.2. The van der Waals surface area contributed by atoms with E-state index in [1.165, 1.54) is 50.3 Å². The van der Waals surface area contributed by atoms with Gasteiger partial charge in [-0.1, -0.05) is 70.2 Å². The quantitative estimate of drug-likeness (QED) is 0.511. The first kappa shape index (κ1) is 18.0. The van der Waals surface area contributed by atoms with Crippen LogP contribution in [0.1, 0.15) is 52.7 Å². The number of para-hydroxylation sites is 2. The van der Waals surface area contributed by atoms with E-state index in [0.717, 1.165) is 0 Å². The molecule has 31 heavy (non-hydrogen) atoms. The lowest BCUT2D eigenvalue weighted by Crippen LogP contribution is -2.62. The van der Waals surface area contributed by atoms with Gasteiger partial charge in [0.15, 0.2) is 0 Å². The topological polar surface area (TPSA) is 6.48 Å². The lowest BCUT2D eigenvalue weighted by molar-refractivity contribution is 0.461. The van der Waals surface area contributed by atoms with Gasteiger partial charge < -0.3 is 9.80 Å². The SMILES string of the molecule is CC1N2c3cccc4c3B(c3cccc(c32)C1(C)C)c1cccc2c1N4C(C)C2(C)C. The zero-order valence-electron chi connectivity index (χ0n) is 19.3. The van der Waals surface area contributed by atoms with Crippen molar-refractivity contribution in [3.05, 3.63) is 65.7 Å². The highest BCUT2D eigenvalue weighted by Crippen LogP contribution is 2.53. The Labute approximate surface area is 186 Å². The molecule has 2 unspecified atom stereocenters. The maximum Gasteiger partial charge on any atom is 0.252 e. The molecule has 2 atom stereocenters. The van der Waals surface area contributed by atoms with Crippen molar-refractivity contribution in [1.29, 1.82) is 0 Å². The van der Waals surface area contributed by atoms with Gasteiger partial charge in [-0.3, -0.25) is 0 Å². The first-order valence-corrected chi connectivity index (χ1v) is 11.7. The molecule has 4 aliphatic heterocycles. The molecular formula is C28H29BN2. The summed E-state index contributed by atoms with van der Waals surface area (Å²) in [6.07, 6.45) is 0. The van der Waals surface area contributed by atoms with E-state index < -0.39 is 0 Å². The molecule has 2 nitrogen and oxygen atoms in total. The molecule has 4 heterocycles. The van der Waals surface area contributed by atoms with E-state index in [-0.39, 0.29) is 10.8 Å². The van der Waals surface area contributed by atoms with Crippen LogP contribution >= 0.6 is 0 Å². The average Bonchev–Trinajstić information content (AvgIpc) is 3.09. The summed E-state index contributed by atoms with van der Waals surface area (Å²) >= 11 is 0. The van der Waals surface area contributed by atoms with Crippen molar-refractivity contribution in [3.63, 3.8) is 0 Å². The van der Waals surface area contributed by atoms with Crippen molar-refractivity contribution in [1.82, 2.24) is 0 Å². The van der Waals surface area contributed by atoms with Gasteiger partial charge in [-0.15, -0.1) is 0 Å². The van der Waals surface area contributed by atoms with Gasteiger partial charge in [-0.25, -0.2) is 0 Å². The molecule has 0 spiro atoms. The Morgan fingerprint density at radius 1 is 0.645 bits per heavy atom. The van der Waals surface area contributed by atoms with Gasteiger partial charge in [-0.05, 0) is 53.5 Å². The number of fused-ring (bicyclic) bond motifs is 4. The number of hydrogen-bond donors (Lipinski definition) is 0. The molecule has 0 aromatic heterocycles. The summed E-state index contributed by atoms with van der Waals surface area (Å²) in [5.74, 6) is 0. The molecule has 0 aliphatic carbocycles. The van der Waals surface area contributed by atoms with E-state index in [1.54, 1.807) is 0 Å². The fourth-order valence-corrected chi connectivity index (χ4v) is 7.04. The van der Waals surface area contributed by atoms with Gasteiger partial charge in [0.1, 0.15) is 0 Å². The number of nitrogens with zero attached hydrogens (tertiary/aromatic N) is 2. The second kappa shape index (κ2) is 5.20. The van der Waals surface area contributed by atoms with Crippen LogP contribution < -0.4 is 26.2 Å². The summed E-state index contributed by atoms with van der Waals surface area (Å²) < 4.78 is 0. The van der Waals surface area contributed by atoms with Crippen molar-refractivity contribution in [2.75, 3.05) is 9.80 Å². The van der Waals surface area contributed by atoms with Gasteiger partial charge in [0.2, 0.25) is 0 Å². The first-order chi connectivity index (χ1) is 14.8. The van der Waals surface area contributed by atoms with E-state index in [2.05, 4.69) is 106 Å². The minimum absolute atomic E-state index is 0.123. The summed E-state index contributed by atoms with van der Waals surface area (Å²) in [6, 6.07) is 22.0. The summed E-state index contributed by atoms with van der Waals surface area (Å²) in [4.78, 5) is 5.31. The summed E-state index contributed by atoms with van der Waals surface area (Å²) in [5.41, 5.74) is 13.5. The van der Waals surface area contributed by atoms with Crippen molar-refractivity contribution < 1.29 is 0 Å². The predicted octanol–water partition coefficient (Wildman–Crippen LogP) is 4.47. The Balaban J connectivity index is 1.64. The Hall–Kier alpha value is -2.68. The van der Waals surface area contributed by atoms with Crippen molar-refractivity contribution in [3.8, 4) is 0 Å². The molecule has 7 rings (SSSR count). The Morgan fingerprint density at radius 3 is 1.52 bits per heavy atom. The van der Waals surface area contributed by atoms with Crippen LogP contribution in [0.2, 0.25) is 0 Å². The molecule has 0 saturated heterocycles. The van der Waals surface area contributed by atoms with E-state index in [1.807, 2.05) is 0 Å². The Kier molecular flexibility index (Phi) is 3.01. The van der Waals surface area contributed by atoms with Gasteiger partial charge in [0.05, 0.1) is 0 Å². The molecule has 0 saturated carbocycles. The maximum absolute atomic E-state index is 2.65. The third-order valence-corrected chi connectivity index (χ3v) is 9.36. The standard InChI is InChI=1S/C28H29BN2/c1-16-27(3,4)18-10-7-12-20-25(18)30(16)22-14-9-15-23-24(22)29(20)21-13-8-11-19-26(21)31(23)17(2)28(19,5)6/h7-17H,1-6H3. The van der Waals surface area contributed by atoms with Crippen LogP contribution in [0.25, 0.3) is 0 Å². The van der Waals surface area contributed by atoms with Crippen LogP contribution in [0.5, 0.6) is 0 Å². The van der Waals surface area contributed by atoms with Crippen LogP contribution in [0.15, 0.2) is 54.6 Å². The molecule has 4 aliphatic rings. The largest absolute Gasteiger partial charge is 0.338 e. The highest BCUT2D eigenvalue weighted by molar-refractivity contribution is 7.00.